The number of nitrogens with one attached hydrogen (secondary N) is 2. The lowest BCUT2D eigenvalue weighted by molar-refractivity contribution is -0.117. The monoisotopic (exact) mass is 627 g/mol. The molecule has 0 bridgehead atoms. The normalized spacial score (nSPS) is 15.1. The largest absolute Gasteiger partial charge is 0.497 e. The molecule has 2 unspecified atom stereocenters. The fraction of sp³-hybridized carbons (Fsp3) is 0.100. The first-order chi connectivity index (χ1) is 19.7. The first kappa shape index (κ1) is 28.8. The zero-order valence-electron chi connectivity index (χ0n) is 21.3. The molecule has 0 saturated heterocycles. The molecular weight excluding hydrogens is 608 g/mol. The lowest BCUT2D eigenvalue weighted by Gasteiger charge is -2.23. The number of benzene rings is 4. The molecule has 2 atom stereocenters. The fourth-order valence-electron chi connectivity index (χ4n) is 4.35. The number of fused-ring (bicyclic) bond motifs is 1. The quantitative estimate of drug-likeness (QED) is 0.227. The van der Waals surface area contributed by atoms with E-state index in [-0.39, 0.29) is 20.6 Å². The number of benzodiazepines with no additional fused rings is 1. The zero-order chi connectivity index (χ0) is 29.1. The first-order valence-electron chi connectivity index (χ1n) is 12.2. The number of hydrogen-bond acceptors (Lipinski definition) is 5. The Morgan fingerprint density at radius 2 is 1.59 bits per heavy atom. The van der Waals surface area contributed by atoms with Crippen molar-refractivity contribution in [2.75, 3.05) is 12.4 Å². The van der Waals surface area contributed by atoms with Crippen LogP contribution in [0.1, 0.15) is 28.4 Å². The van der Waals surface area contributed by atoms with Crippen molar-refractivity contribution < 1.29 is 19.1 Å². The van der Waals surface area contributed by atoms with E-state index in [1.54, 1.807) is 24.3 Å². The average Bonchev–Trinajstić information content (AvgIpc) is 3.08. The maximum Gasteiger partial charge on any atom is 0.410 e. The number of hydrogen-bond donors (Lipinski definition) is 2. The molecule has 1 aliphatic rings. The predicted octanol–water partition coefficient (Wildman–Crippen LogP) is 7.94. The molecule has 4 aromatic carbocycles. The van der Waals surface area contributed by atoms with Crippen LogP contribution in [-0.2, 0) is 9.53 Å². The molecule has 4 aromatic rings. The molecule has 2 N–H and O–H groups in total. The van der Waals surface area contributed by atoms with Crippen molar-refractivity contribution in [1.82, 2.24) is 5.32 Å². The average molecular weight is 629 g/mol. The Morgan fingerprint density at radius 1 is 0.902 bits per heavy atom. The van der Waals surface area contributed by atoms with E-state index < -0.39 is 24.3 Å². The van der Waals surface area contributed by atoms with Gasteiger partial charge in [-0.2, -0.15) is 0 Å². The summed E-state index contributed by atoms with van der Waals surface area (Å²) in [6.45, 7) is 0. The molecule has 0 fully saturated rings. The molecule has 11 heteroatoms. The maximum absolute atomic E-state index is 13.4. The smallest absolute Gasteiger partial charge is 0.410 e. The molecule has 0 aliphatic carbocycles. The third kappa shape index (κ3) is 6.29. The number of carbonyl (C=O) groups excluding carboxylic acids is 2. The Morgan fingerprint density at radius 3 is 2.27 bits per heavy atom. The summed E-state index contributed by atoms with van der Waals surface area (Å²) >= 11 is 25.7. The molecule has 2 amide bonds. The lowest BCUT2D eigenvalue weighted by Crippen LogP contribution is -2.43. The van der Waals surface area contributed by atoms with Gasteiger partial charge in [0.1, 0.15) is 5.75 Å². The number of methoxy groups -OCH3 is 1. The summed E-state index contributed by atoms with van der Waals surface area (Å²) < 4.78 is 11.1. The molecule has 0 radical (unpaired) electrons. The number of aliphatic imine (C=N–C) groups is 1. The highest BCUT2D eigenvalue weighted by molar-refractivity contribution is 6.37. The Bertz CT molecular complexity index is 1640. The summed E-state index contributed by atoms with van der Waals surface area (Å²) in [5.74, 6) is -0.145. The van der Waals surface area contributed by atoms with Crippen LogP contribution < -0.4 is 15.4 Å². The second-order valence-corrected chi connectivity index (χ2v) is 10.5. The Labute approximate surface area is 256 Å². The summed E-state index contributed by atoms with van der Waals surface area (Å²) in [5.41, 5.74) is 3.17. The van der Waals surface area contributed by atoms with Crippen molar-refractivity contribution in [1.29, 1.82) is 0 Å². The second-order valence-electron chi connectivity index (χ2n) is 8.88. The van der Waals surface area contributed by atoms with Gasteiger partial charge in [-0.3, -0.25) is 10.1 Å². The van der Waals surface area contributed by atoms with Crippen LogP contribution in [0.15, 0.2) is 89.9 Å². The van der Waals surface area contributed by atoms with E-state index in [2.05, 4.69) is 15.6 Å². The number of halogens is 4. The molecular formula is C30H21Cl4N3O4. The van der Waals surface area contributed by atoms with Gasteiger partial charge in [0.2, 0.25) is 6.17 Å². The second kappa shape index (κ2) is 12.4. The van der Waals surface area contributed by atoms with E-state index in [0.717, 1.165) is 5.56 Å². The molecule has 41 heavy (non-hydrogen) atoms. The standard InChI is InChI=1S/C30H21Cl4N3O4/c1-40-18-14-22(33)25(23(34)15-18)27(19-12-11-17(31)13-21(19)32)41-30(39)37-28-29(38)35-24-10-6-5-9-20(24)26(36-28)16-7-3-2-4-8-16/h2-15,27-28H,1H3,(H,35,38)(H,37,39). The van der Waals surface area contributed by atoms with E-state index >= 15 is 0 Å². The number of rotatable bonds is 6. The number of carbonyl (C=O) groups is 2. The number of anilines is 1. The van der Waals surface area contributed by atoms with E-state index in [0.29, 0.717) is 33.3 Å². The molecule has 1 aliphatic heterocycles. The number of amides is 2. The fourth-order valence-corrected chi connectivity index (χ4v) is 5.53. The van der Waals surface area contributed by atoms with Crippen LogP contribution in [0.3, 0.4) is 0 Å². The highest BCUT2D eigenvalue weighted by Crippen LogP contribution is 2.42. The third-order valence-corrected chi connectivity index (χ3v) is 7.46. The Kier molecular flexibility index (Phi) is 8.71. The van der Waals surface area contributed by atoms with Gasteiger partial charge in [-0.15, -0.1) is 0 Å². The van der Waals surface area contributed by atoms with Gasteiger partial charge in [0, 0.05) is 32.3 Å². The van der Waals surface area contributed by atoms with E-state index in [1.807, 2.05) is 42.5 Å². The first-order valence-corrected chi connectivity index (χ1v) is 13.7. The van der Waals surface area contributed by atoms with Gasteiger partial charge >= 0.3 is 6.09 Å². The number of ether oxygens (including phenoxy) is 2. The Hall–Kier alpha value is -3.75. The highest BCUT2D eigenvalue weighted by Gasteiger charge is 2.31. The minimum atomic E-state index is -1.33. The van der Waals surface area contributed by atoms with Crippen molar-refractivity contribution in [2.45, 2.75) is 12.3 Å². The molecule has 0 aromatic heterocycles. The van der Waals surface area contributed by atoms with E-state index in [1.165, 1.54) is 25.3 Å². The van der Waals surface area contributed by atoms with Gasteiger partial charge in [0.25, 0.3) is 5.91 Å². The minimum absolute atomic E-state index is 0.171. The number of nitrogens with zero attached hydrogens (tertiary/aromatic N) is 1. The van der Waals surface area contributed by atoms with Crippen LogP contribution in [0, 0.1) is 0 Å². The van der Waals surface area contributed by atoms with Crippen molar-refractivity contribution in [3.05, 3.63) is 127 Å². The van der Waals surface area contributed by atoms with Gasteiger partial charge in [0.15, 0.2) is 6.10 Å². The van der Waals surface area contributed by atoms with Crippen LogP contribution in [-0.4, -0.2) is 31.0 Å². The van der Waals surface area contributed by atoms with Gasteiger partial charge in [-0.25, -0.2) is 9.79 Å². The van der Waals surface area contributed by atoms with Gasteiger partial charge < -0.3 is 14.8 Å². The minimum Gasteiger partial charge on any atom is -0.497 e. The van der Waals surface area contributed by atoms with Crippen LogP contribution in [0.4, 0.5) is 10.5 Å². The van der Waals surface area contributed by atoms with Crippen LogP contribution in [0.2, 0.25) is 20.1 Å². The highest BCUT2D eigenvalue weighted by atomic mass is 35.5. The van der Waals surface area contributed by atoms with Crippen molar-refractivity contribution in [3.63, 3.8) is 0 Å². The summed E-state index contributed by atoms with van der Waals surface area (Å²) in [6, 6.07) is 24.3. The van der Waals surface area contributed by atoms with Crippen molar-refractivity contribution in [2.24, 2.45) is 4.99 Å². The summed E-state index contributed by atoms with van der Waals surface area (Å²) in [4.78, 5) is 31.2. The van der Waals surface area contributed by atoms with Crippen LogP contribution in [0.5, 0.6) is 5.75 Å². The van der Waals surface area contributed by atoms with E-state index in [4.69, 9.17) is 55.9 Å². The lowest BCUT2D eigenvalue weighted by atomic mass is 10.0. The molecule has 0 saturated carbocycles. The molecule has 1 heterocycles. The molecule has 5 rings (SSSR count). The van der Waals surface area contributed by atoms with Gasteiger partial charge in [0.05, 0.1) is 28.6 Å². The third-order valence-electron chi connectivity index (χ3n) is 6.27. The summed E-state index contributed by atoms with van der Waals surface area (Å²) in [6.07, 6.45) is -3.46. The number of alkyl carbamates (subject to hydrolysis) is 1. The summed E-state index contributed by atoms with van der Waals surface area (Å²) in [5, 5.41) is 6.33. The SMILES string of the molecule is COc1cc(Cl)c(C(OC(=O)NC2N=C(c3ccccc3)c3ccccc3NC2=O)c2ccc(Cl)cc2Cl)c(Cl)c1. The maximum atomic E-state index is 13.4. The van der Waals surface area contributed by atoms with Crippen molar-refractivity contribution in [3.8, 4) is 5.75 Å². The number of para-hydroxylation sites is 1. The zero-order valence-corrected chi connectivity index (χ0v) is 24.4. The topological polar surface area (TPSA) is 89.0 Å². The molecule has 7 nitrogen and oxygen atoms in total. The molecule has 208 valence electrons. The van der Waals surface area contributed by atoms with Crippen LogP contribution in [0.25, 0.3) is 0 Å². The van der Waals surface area contributed by atoms with Crippen LogP contribution >= 0.6 is 46.4 Å². The predicted molar refractivity (Wildman–Crippen MR) is 162 cm³/mol. The van der Waals surface area contributed by atoms with Gasteiger partial charge in [-0.05, 0) is 30.3 Å². The Balaban J connectivity index is 1.51. The van der Waals surface area contributed by atoms with Gasteiger partial charge in [-0.1, -0.05) is 101 Å². The molecule has 0 spiro atoms. The summed E-state index contributed by atoms with van der Waals surface area (Å²) in [7, 11) is 1.47. The van der Waals surface area contributed by atoms with Crippen molar-refractivity contribution >= 4 is 69.8 Å². The van der Waals surface area contributed by atoms with E-state index in [9.17, 15) is 9.59 Å².